The third-order valence-electron chi connectivity index (χ3n) is 6.13. The fraction of sp³-hybridized carbons (Fsp3) is 0.400. The molecular weight excluding hydrogens is 416 g/mol. The number of benzene rings is 3. The van der Waals surface area contributed by atoms with Crippen molar-refractivity contribution in [3.05, 3.63) is 102 Å². The van der Waals surface area contributed by atoms with Crippen LogP contribution in [0.4, 0.5) is 0 Å². The van der Waals surface area contributed by atoms with Gasteiger partial charge in [-0.05, 0) is 42.2 Å². The minimum atomic E-state index is -1.09. The molecule has 0 N–H and O–H groups in total. The van der Waals surface area contributed by atoms with Crippen molar-refractivity contribution in [2.45, 2.75) is 65.5 Å². The first kappa shape index (κ1) is 25.4. The summed E-state index contributed by atoms with van der Waals surface area (Å²) in [5.41, 5.74) is 2.83. The summed E-state index contributed by atoms with van der Waals surface area (Å²) in [4.78, 5) is 0. The van der Waals surface area contributed by atoms with Crippen LogP contribution in [0.5, 0.6) is 0 Å². The summed E-state index contributed by atoms with van der Waals surface area (Å²) in [6, 6.07) is 33.4. The number of unbranched alkanes of at least 4 members (excludes halogenated alkanes) is 4. The maximum absolute atomic E-state index is 2.82. The van der Waals surface area contributed by atoms with Crippen molar-refractivity contribution in [1.29, 1.82) is 0 Å². The molecule has 0 bridgehead atoms. The minimum absolute atomic E-state index is 1.02. The van der Waals surface area contributed by atoms with E-state index in [4.69, 9.17) is 0 Å². The molecule has 2 nitrogen and oxygen atoms in total. The summed E-state index contributed by atoms with van der Waals surface area (Å²) < 4.78 is 5.64. The van der Waals surface area contributed by atoms with E-state index in [1.54, 1.807) is 0 Å². The van der Waals surface area contributed by atoms with E-state index >= 15 is 0 Å². The van der Waals surface area contributed by atoms with Gasteiger partial charge < -0.3 is 9.13 Å². The molecule has 0 aliphatic rings. The molecule has 0 aromatic heterocycles. The van der Waals surface area contributed by atoms with Gasteiger partial charge in [-0.15, -0.1) is 0 Å². The van der Waals surface area contributed by atoms with E-state index in [0.29, 0.717) is 0 Å². The van der Waals surface area contributed by atoms with Crippen molar-refractivity contribution in [3.63, 3.8) is 0 Å². The van der Waals surface area contributed by atoms with Crippen LogP contribution in [0.3, 0.4) is 0 Å². The van der Waals surface area contributed by atoms with Crippen molar-refractivity contribution >= 4 is 14.3 Å². The molecule has 3 heteroatoms. The van der Waals surface area contributed by atoms with Gasteiger partial charge in [-0.25, -0.2) is 0 Å². The predicted octanol–water partition coefficient (Wildman–Crippen LogP) is 6.77. The van der Waals surface area contributed by atoms with Crippen LogP contribution in [-0.4, -0.2) is 31.3 Å². The monoisotopic (exact) mass is 457 g/mol. The zero-order valence-corrected chi connectivity index (χ0v) is 21.6. The highest BCUT2D eigenvalue weighted by Gasteiger charge is 2.30. The van der Waals surface area contributed by atoms with Crippen LogP contribution in [0.25, 0.3) is 0 Å². The zero-order chi connectivity index (χ0) is 23.1. The Morgan fingerprint density at radius 1 is 0.515 bits per heavy atom. The van der Waals surface area contributed by atoms with Crippen LogP contribution in [0.15, 0.2) is 91.0 Å². The SMILES string of the molecule is CCCCCN(Cc1ccccc1)[Si](c1ccccc1)N(CCCCC)Cc1ccccc1. The fourth-order valence-corrected chi connectivity index (χ4v) is 7.41. The highest BCUT2D eigenvalue weighted by molar-refractivity contribution is 6.68. The molecule has 1 radical (unpaired) electrons. The molecule has 0 atom stereocenters. The van der Waals surface area contributed by atoms with E-state index in [1.807, 2.05) is 0 Å². The van der Waals surface area contributed by atoms with Crippen LogP contribution < -0.4 is 5.19 Å². The van der Waals surface area contributed by atoms with Gasteiger partial charge in [0.25, 0.3) is 9.12 Å². The van der Waals surface area contributed by atoms with Gasteiger partial charge in [-0.3, -0.25) is 0 Å². The van der Waals surface area contributed by atoms with Crippen molar-refractivity contribution in [3.8, 4) is 0 Å². The number of hydrogen-bond acceptors (Lipinski definition) is 2. The second kappa shape index (κ2) is 14.8. The van der Waals surface area contributed by atoms with E-state index < -0.39 is 9.12 Å². The van der Waals surface area contributed by atoms with Gasteiger partial charge in [0.15, 0.2) is 0 Å². The number of rotatable bonds is 15. The van der Waals surface area contributed by atoms with Crippen LogP contribution in [-0.2, 0) is 13.1 Å². The molecule has 0 spiro atoms. The first-order chi connectivity index (χ1) is 16.3. The van der Waals surface area contributed by atoms with Gasteiger partial charge in [0.05, 0.1) is 0 Å². The molecule has 0 amide bonds. The van der Waals surface area contributed by atoms with E-state index in [0.717, 1.165) is 26.2 Å². The molecule has 0 fully saturated rings. The van der Waals surface area contributed by atoms with Gasteiger partial charge in [0.1, 0.15) is 0 Å². The molecule has 3 rings (SSSR count). The zero-order valence-electron chi connectivity index (χ0n) is 20.6. The molecule has 0 saturated heterocycles. The van der Waals surface area contributed by atoms with E-state index in [1.165, 1.54) is 54.8 Å². The Morgan fingerprint density at radius 2 is 0.909 bits per heavy atom. The third kappa shape index (κ3) is 8.58. The molecule has 175 valence electrons. The molecule has 33 heavy (non-hydrogen) atoms. The fourth-order valence-electron chi connectivity index (χ4n) is 4.38. The number of nitrogens with zero attached hydrogens (tertiary/aromatic N) is 2. The summed E-state index contributed by atoms with van der Waals surface area (Å²) in [6.45, 7) is 8.96. The van der Waals surface area contributed by atoms with E-state index in [9.17, 15) is 0 Å². The number of hydrogen-bond donors (Lipinski definition) is 0. The van der Waals surface area contributed by atoms with Crippen LogP contribution in [0.2, 0.25) is 0 Å². The van der Waals surface area contributed by atoms with E-state index in [-0.39, 0.29) is 0 Å². The van der Waals surface area contributed by atoms with Gasteiger partial charge in [0, 0.05) is 13.1 Å². The van der Waals surface area contributed by atoms with Crippen molar-refractivity contribution in [2.75, 3.05) is 13.1 Å². The predicted molar refractivity (Wildman–Crippen MR) is 145 cm³/mol. The first-order valence-electron chi connectivity index (χ1n) is 12.8. The topological polar surface area (TPSA) is 6.48 Å². The lowest BCUT2D eigenvalue weighted by molar-refractivity contribution is 0.329. The van der Waals surface area contributed by atoms with Gasteiger partial charge in [-0.2, -0.15) is 0 Å². The van der Waals surface area contributed by atoms with Gasteiger partial charge in [0.2, 0.25) is 0 Å². The minimum Gasteiger partial charge on any atom is -0.304 e. The average molecular weight is 458 g/mol. The van der Waals surface area contributed by atoms with Crippen LogP contribution in [0.1, 0.15) is 63.5 Å². The molecule has 0 heterocycles. The Kier molecular flexibility index (Phi) is 11.4. The largest absolute Gasteiger partial charge is 0.304 e. The van der Waals surface area contributed by atoms with Crippen LogP contribution >= 0.6 is 0 Å². The highest BCUT2D eigenvalue weighted by atomic mass is 28.3. The smallest absolute Gasteiger partial charge is 0.267 e. The summed E-state index contributed by atoms with van der Waals surface area (Å²) in [5, 5.41) is 1.50. The summed E-state index contributed by atoms with van der Waals surface area (Å²) >= 11 is 0. The first-order valence-corrected chi connectivity index (χ1v) is 14.2. The quantitative estimate of drug-likeness (QED) is 0.184. The lowest BCUT2D eigenvalue weighted by atomic mass is 10.2. The summed E-state index contributed by atoms with van der Waals surface area (Å²) in [7, 11) is -1.09. The molecule has 0 aliphatic heterocycles. The second-order valence-corrected chi connectivity index (χ2v) is 11.4. The van der Waals surface area contributed by atoms with Crippen molar-refractivity contribution in [1.82, 2.24) is 9.13 Å². The Morgan fingerprint density at radius 3 is 1.30 bits per heavy atom. The van der Waals surface area contributed by atoms with E-state index in [2.05, 4.69) is 114 Å². The normalized spacial score (nSPS) is 11.5. The Bertz CT molecular complexity index is 814. The van der Waals surface area contributed by atoms with Crippen molar-refractivity contribution < 1.29 is 0 Å². The second-order valence-electron chi connectivity index (χ2n) is 8.92. The molecule has 3 aromatic rings. The summed E-state index contributed by atoms with van der Waals surface area (Å²) in [6.07, 6.45) is 7.64. The third-order valence-corrected chi connectivity index (χ3v) is 8.94. The van der Waals surface area contributed by atoms with Crippen molar-refractivity contribution in [2.24, 2.45) is 0 Å². The molecular formula is C30H41N2Si. The Balaban J connectivity index is 1.96. The average Bonchev–Trinajstić information content (AvgIpc) is 2.86. The van der Waals surface area contributed by atoms with Gasteiger partial charge in [-0.1, -0.05) is 131 Å². The maximum Gasteiger partial charge on any atom is 0.267 e. The maximum atomic E-state index is 2.82. The summed E-state index contributed by atoms with van der Waals surface area (Å²) in [5.74, 6) is 0. The lowest BCUT2D eigenvalue weighted by Gasteiger charge is -2.38. The molecule has 0 unspecified atom stereocenters. The molecule has 0 aliphatic carbocycles. The van der Waals surface area contributed by atoms with Gasteiger partial charge >= 0.3 is 0 Å². The lowest BCUT2D eigenvalue weighted by Crippen LogP contribution is -2.59. The molecule has 3 aromatic carbocycles. The highest BCUT2D eigenvalue weighted by Crippen LogP contribution is 2.16. The Hall–Kier alpha value is -2.20. The van der Waals surface area contributed by atoms with Crippen LogP contribution in [0, 0.1) is 0 Å². The standard InChI is InChI=1S/C30H41N2Si/c1-3-5-16-24-31(26-28-18-10-7-11-19-28)33(30-22-14-9-15-23-30)32(25-17-6-4-2)27-29-20-12-8-13-21-29/h7-15,18-23H,3-6,16-17,24-27H2,1-2H3. The Labute approximate surface area is 204 Å². The molecule has 0 saturated carbocycles.